The first-order valence-corrected chi connectivity index (χ1v) is 12.7. The van der Waals surface area contributed by atoms with E-state index in [-0.39, 0.29) is 12.3 Å². The van der Waals surface area contributed by atoms with E-state index in [0.717, 1.165) is 61.2 Å². The van der Waals surface area contributed by atoms with Gasteiger partial charge in [0.2, 0.25) is 0 Å². The molecule has 3 N–H and O–H groups in total. The molecule has 0 saturated carbocycles. The van der Waals surface area contributed by atoms with Crippen LogP contribution in [0.1, 0.15) is 19.4 Å². The van der Waals surface area contributed by atoms with Gasteiger partial charge >= 0.3 is 0 Å². The average molecular weight is 501 g/mol. The lowest BCUT2D eigenvalue weighted by molar-refractivity contribution is 0.299. The Balaban J connectivity index is 1.33. The zero-order chi connectivity index (χ0) is 26.1. The molecule has 0 unspecified atom stereocenters. The molecule has 1 aliphatic rings. The van der Waals surface area contributed by atoms with Gasteiger partial charge in [0.1, 0.15) is 5.66 Å². The van der Waals surface area contributed by atoms with E-state index in [1.807, 2.05) is 72.8 Å². The van der Waals surface area contributed by atoms with Crippen LogP contribution in [0, 0.1) is 0 Å². The number of benzene rings is 5. The van der Waals surface area contributed by atoms with Gasteiger partial charge < -0.3 is 15.7 Å². The molecular formula is C31H28N6O. The molecule has 0 amide bonds. The molecule has 0 atom stereocenters. The van der Waals surface area contributed by atoms with Gasteiger partial charge in [0.15, 0.2) is 0 Å². The van der Waals surface area contributed by atoms with Gasteiger partial charge in [-0.05, 0) is 68.3 Å². The summed E-state index contributed by atoms with van der Waals surface area (Å²) in [6.45, 7) is 4.36. The lowest BCUT2D eigenvalue weighted by atomic mass is 10.00. The second-order valence-corrected chi connectivity index (χ2v) is 9.92. The van der Waals surface area contributed by atoms with Crippen molar-refractivity contribution in [2.45, 2.75) is 25.9 Å². The Morgan fingerprint density at radius 1 is 0.605 bits per heavy atom. The minimum atomic E-state index is -0.230. The van der Waals surface area contributed by atoms with Gasteiger partial charge in [0.05, 0.1) is 22.7 Å². The van der Waals surface area contributed by atoms with Crippen LogP contribution in [0.15, 0.2) is 111 Å². The Morgan fingerprint density at radius 2 is 1.16 bits per heavy atom. The summed E-state index contributed by atoms with van der Waals surface area (Å²) in [5.41, 5.74) is 6.11. The van der Waals surface area contributed by atoms with Crippen LogP contribution in [0.3, 0.4) is 0 Å². The second-order valence-electron chi connectivity index (χ2n) is 9.92. The zero-order valence-electron chi connectivity index (χ0n) is 21.3. The molecule has 1 aliphatic heterocycles. The molecule has 0 aliphatic carbocycles. The number of anilines is 2. The van der Waals surface area contributed by atoms with Crippen LogP contribution in [-0.4, -0.2) is 17.4 Å². The van der Waals surface area contributed by atoms with Crippen LogP contribution < -0.4 is 10.6 Å². The molecule has 0 saturated heterocycles. The number of hydrogen-bond acceptors (Lipinski definition) is 7. The Bertz CT molecular complexity index is 1690. The van der Waals surface area contributed by atoms with Crippen LogP contribution in [-0.2, 0) is 6.42 Å². The maximum absolute atomic E-state index is 9.10. The summed E-state index contributed by atoms with van der Waals surface area (Å²) >= 11 is 0. The maximum Gasteiger partial charge on any atom is 0.102 e. The van der Waals surface area contributed by atoms with Gasteiger partial charge in [-0.25, -0.2) is 0 Å². The molecule has 0 radical (unpaired) electrons. The van der Waals surface area contributed by atoms with Crippen LogP contribution in [0.5, 0.6) is 0 Å². The van der Waals surface area contributed by atoms with Crippen LogP contribution >= 0.6 is 0 Å². The Hall–Kier alpha value is -4.62. The first-order valence-electron chi connectivity index (χ1n) is 12.7. The zero-order valence-corrected chi connectivity index (χ0v) is 21.3. The van der Waals surface area contributed by atoms with E-state index in [4.69, 9.17) is 5.11 Å². The van der Waals surface area contributed by atoms with Crippen molar-refractivity contribution in [3.05, 3.63) is 96.6 Å². The average Bonchev–Trinajstić information content (AvgIpc) is 2.92. The maximum atomic E-state index is 9.10. The monoisotopic (exact) mass is 500 g/mol. The highest BCUT2D eigenvalue weighted by Gasteiger charge is 2.25. The highest BCUT2D eigenvalue weighted by molar-refractivity contribution is 6.09. The van der Waals surface area contributed by atoms with Crippen molar-refractivity contribution in [2.75, 3.05) is 17.2 Å². The number of rotatable bonds is 6. The van der Waals surface area contributed by atoms with Crippen LogP contribution in [0.25, 0.3) is 21.5 Å². The molecule has 38 heavy (non-hydrogen) atoms. The largest absolute Gasteiger partial charge is 0.396 e. The van der Waals surface area contributed by atoms with Gasteiger partial charge in [-0.15, -0.1) is 15.3 Å². The first kappa shape index (κ1) is 23.8. The van der Waals surface area contributed by atoms with E-state index in [0.29, 0.717) is 6.42 Å². The number of azo groups is 2. The van der Waals surface area contributed by atoms with Crippen molar-refractivity contribution in [1.29, 1.82) is 0 Å². The lowest BCUT2D eigenvalue weighted by Crippen LogP contribution is -2.41. The van der Waals surface area contributed by atoms with E-state index < -0.39 is 0 Å². The fourth-order valence-corrected chi connectivity index (χ4v) is 4.91. The lowest BCUT2D eigenvalue weighted by Gasteiger charge is -2.36. The van der Waals surface area contributed by atoms with Gasteiger partial charge in [-0.3, -0.25) is 0 Å². The third-order valence-electron chi connectivity index (χ3n) is 6.67. The van der Waals surface area contributed by atoms with E-state index in [1.165, 1.54) is 0 Å². The first-order chi connectivity index (χ1) is 18.5. The Labute approximate surface area is 221 Å². The summed E-state index contributed by atoms with van der Waals surface area (Å²) in [7, 11) is 0. The van der Waals surface area contributed by atoms with Crippen LogP contribution in [0.4, 0.5) is 34.1 Å². The molecule has 5 aromatic carbocycles. The molecule has 188 valence electrons. The second kappa shape index (κ2) is 9.68. The summed E-state index contributed by atoms with van der Waals surface area (Å²) in [6.07, 6.45) is 0.630. The molecule has 0 spiro atoms. The third-order valence-corrected chi connectivity index (χ3v) is 6.67. The Morgan fingerprint density at radius 3 is 1.82 bits per heavy atom. The SMILES string of the molecule is CC1(C)Nc2cccc3c(N=Nc4ccc(N=Nc5ccc(CCO)cc5)c5ccccc45)ccc(c23)N1. The van der Waals surface area contributed by atoms with Crippen molar-refractivity contribution < 1.29 is 5.11 Å². The molecule has 0 bridgehead atoms. The van der Waals surface area contributed by atoms with Crippen molar-refractivity contribution in [2.24, 2.45) is 20.5 Å². The summed E-state index contributed by atoms with van der Waals surface area (Å²) in [6, 6.07) is 29.9. The molecule has 0 aromatic heterocycles. The predicted molar refractivity (Wildman–Crippen MR) is 155 cm³/mol. The fraction of sp³-hybridized carbons (Fsp3) is 0.161. The van der Waals surface area contributed by atoms with E-state index in [2.05, 4.69) is 63.1 Å². The van der Waals surface area contributed by atoms with E-state index >= 15 is 0 Å². The minimum absolute atomic E-state index is 0.131. The normalized spacial score (nSPS) is 14.3. The predicted octanol–water partition coefficient (Wildman–Crippen LogP) is 8.93. The van der Waals surface area contributed by atoms with Crippen molar-refractivity contribution in [3.8, 4) is 0 Å². The standard InChI is InChI=1S/C31H28N6O/c1-31(2)32-28-9-5-8-24-27(16-17-29(33-31)30(24)28)37-36-26-15-14-25(22-6-3-4-7-23(22)26)35-34-21-12-10-20(11-13-21)18-19-38/h3-17,32-33,38H,18-19H2,1-2H3. The summed E-state index contributed by atoms with van der Waals surface area (Å²) in [4.78, 5) is 0. The fourth-order valence-electron chi connectivity index (χ4n) is 4.91. The topological polar surface area (TPSA) is 93.7 Å². The number of nitrogens with one attached hydrogen (secondary N) is 2. The summed E-state index contributed by atoms with van der Waals surface area (Å²) in [5, 5.41) is 38.6. The van der Waals surface area contributed by atoms with Gasteiger partial charge in [0.25, 0.3) is 0 Å². The van der Waals surface area contributed by atoms with E-state index in [9.17, 15) is 0 Å². The van der Waals surface area contributed by atoms with E-state index in [1.54, 1.807) is 0 Å². The molecule has 7 heteroatoms. The van der Waals surface area contributed by atoms with Gasteiger partial charge in [-0.1, -0.05) is 48.5 Å². The molecule has 6 rings (SSSR count). The quantitative estimate of drug-likeness (QED) is 0.203. The van der Waals surface area contributed by atoms with Crippen molar-refractivity contribution in [1.82, 2.24) is 0 Å². The highest BCUT2D eigenvalue weighted by atomic mass is 16.2. The number of aliphatic hydroxyl groups is 1. The molecular weight excluding hydrogens is 472 g/mol. The molecule has 0 fully saturated rings. The highest BCUT2D eigenvalue weighted by Crippen LogP contribution is 2.42. The Kier molecular flexibility index (Phi) is 6.05. The summed E-state index contributed by atoms with van der Waals surface area (Å²) < 4.78 is 0. The molecule has 5 aromatic rings. The third kappa shape index (κ3) is 4.60. The summed E-state index contributed by atoms with van der Waals surface area (Å²) in [5.74, 6) is 0. The number of nitrogens with zero attached hydrogens (tertiary/aromatic N) is 4. The smallest absolute Gasteiger partial charge is 0.102 e. The number of fused-ring (bicyclic) bond motifs is 1. The van der Waals surface area contributed by atoms with Crippen LogP contribution in [0.2, 0.25) is 0 Å². The number of hydrogen-bond donors (Lipinski definition) is 3. The molecule has 1 heterocycles. The van der Waals surface area contributed by atoms with Gasteiger partial charge in [-0.2, -0.15) is 5.11 Å². The minimum Gasteiger partial charge on any atom is -0.396 e. The van der Waals surface area contributed by atoms with Crippen molar-refractivity contribution in [3.63, 3.8) is 0 Å². The molecule has 7 nitrogen and oxygen atoms in total. The van der Waals surface area contributed by atoms with Crippen molar-refractivity contribution >= 4 is 55.7 Å². The number of aliphatic hydroxyl groups excluding tert-OH is 1. The van der Waals surface area contributed by atoms with Gasteiger partial charge in [0, 0.05) is 39.5 Å².